The van der Waals surface area contributed by atoms with E-state index in [0.717, 1.165) is 48.7 Å². The minimum Gasteiger partial charge on any atom is -0.332 e. The van der Waals surface area contributed by atoms with Crippen LogP contribution in [0.5, 0.6) is 0 Å². The Labute approximate surface area is 130 Å². The Morgan fingerprint density at radius 2 is 2.23 bits per heavy atom. The molecule has 1 aliphatic heterocycles. The Bertz CT molecular complexity index is 649. The van der Waals surface area contributed by atoms with Crippen LogP contribution >= 0.6 is 0 Å². The second-order valence-corrected chi connectivity index (χ2v) is 5.86. The first-order chi connectivity index (χ1) is 10.6. The summed E-state index contributed by atoms with van der Waals surface area (Å²) in [7, 11) is 0. The highest BCUT2D eigenvalue weighted by atomic mass is 16.2. The minimum atomic E-state index is -0.00962. The van der Waals surface area contributed by atoms with Crippen molar-refractivity contribution in [1.82, 2.24) is 25.1 Å². The summed E-state index contributed by atoms with van der Waals surface area (Å²) >= 11 is 0. The average Bonchev–Trinajstić information content (AvgIpc) is 2.96. The second kappa shape index (κ2) is 6.25. The van der Waals surface area contributed by atoms with E-state index in [-0.39, 0.29) is 11.9 Å². The molecule has 0 bridgehead atoms. The van der Waals surface area contributed by atoms with Crippen molar-refractivity contribution >= 4 is 5.91 Å². The molecule has 1 N–H and O–H groups in total. The van der Waals surface area contributed by atoms with E-state index in [1.165, 1.54) is 0 Å². The van der Waals surface area contributed by atoms with E-state index in [9.17, 15) is 4.79 Å². The molecule has 1 amide bonds. The molecule has 0 saturated carbocycles. The van der Waals surface area contributed by atoms with Gasteiger partial charge < -0.3 is 4.90 Å². The molecule has 6 heteroatoms. The lowest BCUT2D eigenvalue weighted by Crippen LogP contribution is -2.39. The molecule has 0 spiro atoms. The van der Waals surface area contributed by atoms with Crippen molar-refractivity contribution in [3.05, 3.63) is 41.2 Å². The van der Waals surface area contributed by atoms with Crippen molar-refractivity contribution in [2.45, 2.75) is 45.6 Å². The van der Waals surface area contributed by atoms with Gasteiger partial charge in [0, 0.05) is 18.4 Å². The molecule has 1 saturated heterocycles. The van der Waals surface area contributed by atoms with Crippen LogP contribution in [0.1, 0.15) is 48.2 Å². The molecule has 0 aliphatic carbocycles. The Balaban J connectivity index is 1.75. The zero-order valence-corrected chi connectivity index (χ0v) is 13.0. The van der Waals surface area contributed by atoms with Crippen molar-refractivity contribution in [2.24, 2.45) is 0 Å². The monoisotopic (exact) mass is 299 g/mol. The summed E-state index contributed by atoms with van der Waals surface area (Å²) in [6.45, 7) is 4.59. The van der Waals surface area contributed by atoms with Gasteiger partial charge in [-0.1, -0.05) is 6.07 Å². The van der Waals surface area contributed by atoms with Crippen molar-refractivity contribution in [2.75, 3.05) is 6.54 Å². The molecule has 3 rings (SSSR count). The first-order valence-electron chi connectivity index (χ1n) is 7.73. The molecule has 6 nitrogen and oxygen atoms in total. The number of rotatable bonds is 3. The minimum absolute atomic E-state index is 0.00962. The maximum Gasteiger partial charge on any atom is 0.227 e. The van der Waals surface area contributed by atoms with E-state index in [2.05, 4.69) is 20.2 Å². The number of amides is 1. The Hall–Kier alpha value is -2.24. The number of aromatic nitrogens is 4. The van der Waals surface area contributed by atoms with Gasteiger partial charge in [-0.25, -0.2) is 4.98 Å². The fourth-order valence-corrected chi connectivity index (χ4v) is 2.89. The number of hydrogen-bond acceptors (Lipinski definition) is 4. The van der Waals surface area contributed by atoms with Crippen LogP contribution in [0.3, 0.4) is 0 Å². The van der Waals surface area contributed by atoms with Gasteiger partial charge in [0.15, 0.2) is 5.82 Å². The number of carbonyl (C=O) groups excluding carboxylic acids is 1. The van der Waals surface area contributed by atoms with Gasteiger partial charge in [0.2, 0.25) is 5.91 Å². The molecule has 1 aliphatic rings. The molecule has 0 radical (unpaired) electrons. The van der Waals surface area contributed by atoms with E-state index < -0.39 is 0 Å². The Kier molecular flexibility index (Phi) is 4.18. The fourth-order valence-electron chi connectivity index (χ4n) is 2.89. The van der Waals surface area contributed by atoms with Crippen LogP contribution in [0.4, 0.5) is 0 Å². The van der Waals surface area contributed by atoms with Crippen LogP contribution in [0.2, 0.25) is 0 Å². The first kappa shape index (κ1) is 14.7. The quantitative estimate of drug-likeness (QED) is 0.942. The third-order valence-corrected chi connectivity index (χ3v) is 4.06. The Morgan fingerprint density at radius 1 is 1.36 bits per heavy atom. The highest BCUT2D eigenvalue weighted by Gasteiger charge is 2.30. The summed E-state index contributed by atoms with van der Waals surface area (Å²) in [5.41, 5.74) is 1.91. The summed E-state index contributed by atoms with van der Waals surface area (Å²) in [5, 5.41) is 7.12. The van der Waals surface area contributed by atoms with Gasteiger partial charge in [0.1, 0.15) is 5.82 Å². The zero-order chi connectivity index (χ0) is 15.5. The number of aryl methyl sites for hydroxylation is 2. The summed E-state index contributed by atoms with van der Waals surface area (Å²) in [6, 6.07) is 3.90. The topological polar surface area (TPSA) is 74.8 Å². The predicted octanol–water partition coefficient (Wildman–Crippen LogP) is 2.11. The van der Waals surface area contributed by atoms with Crippen molar-refractivity contribution in [3.8, 4) is 0 Å². The number of nitrogens with zero attached hydrogens (tertiary/aromatic N) is 4. The second-order valence-electron chi connectivity index (χ2n) is 5.86. The number of piperidine rings is 1. The van der Waals surface area contributed by atoms with E-state index in [4.69, 9.17) is 0 Å². The number of aromatic amines is 1. The van der Waals surface area contributed by atoms with E-state index in [1.54, 1.807) is 6.20 Å². The summed E-state index contributed by atoms with van der Waals surface area (Å²) in [6.07, 6.45) is 5.23. The van der Waals surface area contributed by atoms with Crippen LogP contribution in [0.25, 0.3) is 0 Å². The SMILES string of the molecule is Cc1ccc(CC(=O)N2CCCCC2c2n[nH]c(C)n2)cn1. The molecule has 2 aromatic heterocycles. The number of likely N-dealkylation sites (tertiary alicyclic amines) is 1. The highest BCUT2D eigenvalue weighted by molar-refractivity contribution is 5.79. The molecule has 1 unspecified atom stereocenters. The van der Waals surface area contributed by atoms with E-state index in [1.807, 2.05) is 30.9 Å². The molecule has 22 heavy (non-hydrogen) atoms. The predicted molar refractivity (Wildman–Crippen MR) is 82.1 cm³/mol. The summed E-state index contributed by atoms with van der Waals surface area (Å²) in [4.78, 5) is 23.3. The van der Waals surface area contributed by atoms with Crippen LogP contribution in [0.15, 0.2) is 18.3 Å². The maximum absolute atomic E-state index is 12.7. The standard InChI is InChI=1S/C16H21N5O/c1-11-6-7-13(10-17-11)9-15(22)21-8-4-3-5-14(21)16-18-12(2)19-20-16/h6-7,10,14H,3-5,8-9H2,1-2H3,(H,18,19,20). The van der Waals surface area contributed by atoms with E-state index in [0.29, 0.717) is 6.42 Å². The van der Waals surface area contributed by atoms with Crippen LogP contribution in [0, 0.1) is 13.8 Å². The zero-order valence-electron chi connectivity index (χ0n) is 13.0. The number of H-pyrrole nitrogens is 1. The molecular formula is C16H21N5O. The van der Waals surface area contributed by atoms with Gasteiger partial charge in [0.05, 0.1) is 12.5 Å². The smallest absolute Gasteiger partial charge is 0.227 e. The maximum atomic E-state index is 12.7. The van der Waals surface area contributed by atoms with Crippen molar-refractivity contribution < 1.29 is 4.79 Å². The first-order valence-corrected chi connectivity index (χ1v) is 7.73. The van der Waals surface area contributed by atoms with Gasteiger partial charge in [-0.05, 0) is 44.7 Å². The molecule has 0 aromatic carbocycles. The third kappa shape index (κ3) is 3.16. The van der Waals surface area contributed by atoms with Crippen LogP contribution in [-0.4, -0.2) is 37.5 Å². The van der Waals surface area contributed by atoms with Crippen molar-refractivity contribution in [1.29, 1.82) is 0 Å². The largest absolute Gasteiger partial charge is 0.332 e. The number of nitrogens with one attached hydrogen (secondary N) is 1. The molecule has 116 valence electrons. The van der Waals surface area contributed by atoms with Gasteiger partial charge in [-0.2, -0.15) is 5.10 Å². The van der Waals surface area contributed by atoms with Gasteiger partial charge >= 0.3 is 0 Å². The Morgan fingerprint density at radius 3 is 2.91 bits per heavy atom. The lowest BCUT2D eigenvalue weighted by molar-refractivity contribution is -0.134. The summed E-state index contributed by atoms with van der Waals surface area (Å²) < 4.78 is 0. The van der Waals surface area contributed by atoms with Gasteiger partial charge in [-0.15, -0.1) is 0 Å². The fraction of sp³-hybridized carbons (Fsp3) is 0.500. The lowest BCUT2D eigenvalue weighted by Gasteiger charge is -2.34. The van der Waals surface area contributed by atoms with E-state index >= 15 is 0 Å². The molecular weight excluding hydrogens is 278 g/mol. The van der Waals surface area contributed by atoms with Gasteiger partial charge in [-0.3, -0.25) is 14.9 Å². The molecule has 1 atom stereocenters. The van der Waals surface area contributed by atoms with Crippen molar-refractivity contribution in [3.63, 3.8) is 0 Å². The summed E-state index contributed by atoms with van der Waals surface area (Å²) in [5.74, 6) is 1.64. The number of carbonyl (C=O) groups is 1. The number of hydrogen-bond donors (Lipinski definition) is 1. The van der Waals surface area contributed by atoms with Crippen LogP contribution in [-0.2, 0) is 11.2 Å². The lowest BCUT2D eigenvalue weighted by atomic mass is 10.0. The van der Waals surface area contributed by atoms with Crippen LogP contribution < -0.4 is 0 Å². The highest BCUT2D eigenvalue weighted by Crippen LogP contribution is 2.29. The molecule has 1 fully saturated rings. The number of pyridine rings is 1. The third-order valence-electron chi connectivity index (χ3n) is 4.06. The molecule has 3 heterocycles. The normalized spacial score (nSPS) is 18.5. The molecule has 2 aromatic rings. The van der Waals surface area contributed by atoms with Gasteiger partial charge in [0.25, 0.3) is 0 Å². The average molecular weight is 299 g/mol.